The van der Waals surface area contributed by atoms with Gasteiger partial charge in [0.1, 0.15) is 11.1 Å². The first-order valence-corrected chi connectivity index (χ1v) is 9.02. The van der Waals surface area contributed by atoms with Crippen molar-refractivity contribution in [3.05, 3.63) is 29.2 Å². The van der Waals surface area contributed by atoms with E-state index in [0.717, 1.165) is 12.0 Å². The summed E-state index contributed by atoms with van der Waals surface area (Å²) in [7, 11) is -1.73. The number of likely N-dealkylation sites (tertiary alicyclic amines) is 1. The third kappa shape index (κ3) is 2.96. The molecule has 1 aromatic carbocycles. The van der Waals surface area contributed by atoms with Crippen molar-refractivity contribution in [2.45, 2.75) is 30.0 Å². The van der Waals surface area contributed by atoms with Gasteiger partial charge in [-0.2, -0.15) is 5.26 Å². The minimum Gasteiger partial charge on any atom is -0.378 e. The lowest BCUT2D eigenvalue weighted by Gasteiger charge is -2.33. The SMILES string of the molecule is CN1CC[C@@H](Nc2cccc3c2S(=O)(=O)C=C3CC#N)[C@H](F)C1. The molecule has 0 saturated carbocycles. The number of rotatable bonds is 3. The fraction of sp³-hybridized carbons (Fsp3) is 0.438. The van der Waals surface area contributed by atoms with Gasteiger partial charge in [-0.15, -0.1) is 0 Å². The van der Waals surface area contributed by atoms with Gasteiger partial charge in [-0.1, -0.05) is 12.1 Å². The van der Waals surface area contributed by atoms with E-state index >= 15 is 0 Å². The lowest BCUT2D eigenvalue weighted by Crippen LogP contribution is -2.46. The van der Waals surface area contributed by atoms with Crippen molar-refractivity contribution in [2.75, 3.05) is 25.5 Å². The van der Waals surface area contributed by atoms with E-state index in [-0.39, 0.29) is 11.3 Å². The highest BCUT2D eigenvalue weighted by Crippen LogP contribution is 2.40. The average molecular weight is 335 g/mol. The second-order valence-electron chi connectivity index (χ2n) is 6.02. The van der Waals surface area contributed by atoms with E-state index in [1.54, 1.807) is 18.2 Å². The van der Waals surface area contributed by atoms with Crippen LogP contribution in [0.25, 0.3) is 5.57 Å². The first-order valence-electron chi connectivity index (χ1n) is 7.47. The Kier molecular flexibility index (Phi) is 4.13. The standard InChI is InChI=1S/C16H18FN3O2S/c1-20-8-6-14(13(17)9-20)19-15-4-2-3-12-11(5-7-18)10-23(21,22)16(12)15/h2-4,10,13-14,19H,5-6,8-9H2,1H3/t13-,14-/m1/s1. The Morgan fingerprint density at radius 1 is 1.48 bits per heavy atom. The molecule has 2 aliphatic rings. The van der Waals surface area contributed by atoms with Gasteiger partial charge in [-0.3, -0.25) is 0 Å². The van der Waals surface area contributed by atoms with Gasteiger partial charge in [-0.05, 0) is 25.1 Å². The number of sulfone groups is 1. The molecule has 23 heavy (non-hydrogen) atoms. The van der Waals surface area contributed by atoms with Crippen LogP contribution in [0.1, 0.15) is 18.4 Å². The van der Waals surface area contributed by atoms with Crippen molar-refractivity contribution in [3.8, 4) is 6.07 Å². The van der Waals surface area contributed by atoms with E-state index in [4.69, 9.17) is 5.26 Å². The van der Waals surface area contributed by atoms with Gasteiger partial charge in [0.2, 0.25) is 9.84 Å². The van der Waals surface area contributed by atoms with Crippen molar-refractivity contribution in [1.29, 1.82) is 5.26 Å². The molecule has 1 saturated heterocycles. The van der Waals surface area contributed by atoms with Gasteiger partial charge < -0.3 is 10.2 Å². The summed E-state index contributed by atoms with van der Waals surface area (Å²) in [5.41, 5.74) is 1.45. The Morgan fingerprint density at radius 2 is 2.26 bits per heavy atom. The number of anilines is 1. The maximum absolute atomic E-state index is 14.2. The van der Waals surface area contributed by atoms with Crippen LogP contribution in [0.4, 0.5) is 10.1 Å². The van der Waals surface area contributed by atoms with Gasteiger partial charge >= 0.3 is 0 Å². The summed E-state index contributed by atoms with van der Waals surface area (Å²) in [6, 6.07) is 6.65. The fourth-order valence-corrected chi connectivity index (χ4v) is 4.80. The molecule has 2 heterocycles. The topological polar surface area (TPSA) is 73.2 Å². The van der Waals surface area contributed by atoms with E-state index in [9.17, 15) is 12.8 Å². The maximum atomic E-state index is 14.2. The van der Waals surface area contributed by atoms with Crippen molar-refractivity contribution in [1.82, 2.24) is 4.90 Å². The molecule has 0 aromatic heterocycles. The molecule has 0 spiro atoms. The van der Waals surface area contributed by atoms with Crippen LogP contribution < -0.4 is 5.32 Å². The zero-order chi connectivity index (χ0) is 16.6. The van der Waals surface area contributed by atoms with Crippen LogP contribution in [0, 0.1) is 11.3 Å². The first kappa shape index (κ1) is 16.0. The number of halogens is 1. The van der Waals surface area contributed by atoms with Crippen LogP contribution in [-0.2, 0) is 9.84 Å². The van der Waals surface area contributed by atoms with Gasteiger partial charge in [0, 0.05) is 24.1 Å². The zero-order valence-electron chi connectivity index (χ0n) is 12.8. The Morgan fingerprint density at radius 3 is 2.96 bits per heavy atom. The molecule has 1 fully saturated rings. The Bertz CT molecular complexity index is 798. The highest BCUT2D eigenvalue weighted by molar-refractivity contribution is 7.95. The summed E-state index contributed by atoms with van der Waals surface area (Å²) in [6.07, 6.45) is -0.407. The van der Waals surface area contributed by atoms with Crippen LogP contribution >= 0.6 is 0 Å². The van der Waals surface area contributed by atoms with Crippen LogP contribution in [0.2, 0.25) is 0 Å². The monoisotopic (exact) mass is 335 g/mol. The number of nitrogens with zero attached hydrogens (tertiary/aromatic N) is 2. The van der Waals surface area contributed by atoms with Crippen LogP contribution in [0.3, 0.4) is 0 Å². The summed E-state index contributed by atoms with van der Waals surface area (Å²) < 4.78 is 39.0. The molecule has 0 amide bonds. The summed E-state index contributed by atoms with van der Waals surface area (Å²) in [6.45, 7) is 1.09. The molecule has 7 heteroatoms. The highest BCUT2D eigenvalue weighted by Gasteiger charge is 2.33. The van der Waals surface area contributed by atoms with Crippen molar-refractivity contribution in [3.63, 3.8) is 0 Å². The molecule has 2 atom stereocenters. The Hall–Kier alpha value is -1.91. The third-order valence-corrected chi connectivity index (χ3v) is 5.90. The normalized spacial score (nSPS) is 26.2. The van der Waals surface area contributed by atoms with Gasteiger partial charge in [0.15, 0.2) is 0 Å². The lowest BCUT2D eigenvalue weighted by molar-refractivity contribution is 0.149. The molecule has 0 unspecified atom stereocenters. The molecule has 0 bridgehead atoms. The Labute approximate surface area is 135 Å². The van der Waals surface area contributed by atoms with Crippen LogP contribution in [0.15, 0.2) is 28.5 Å². The maximum Gasteiger partial charge on any atom is 0.202 e. The van der Waals surface area contributed by atoms with Gasteiger partial charge in [-0.25, -0.2) is 12.8 Å². The number of piperidine rings is 1. The molecule has 0 aliphatic carbocycles. The summed E-state index contributed by atoms with van der Waals surface area (Å²) in [4.78, 5) is 2.08. The van der Waals surface area contributed by atoms with E-state index in [1.807, 2.05) is 18.0 Å². The van der Waals surface area contributed by atoms with Gasteiger partial charge in [0.25, 0.3) is 0 Å². The lowest BCUT2D eigenvalue weighted by atomic mass is 10.0. The Balaban J connectivity index is 1.94. The zero-order valence-corrected chi connectivity index (χ0v) is 13.6. The van der Waals surface area contributed by atoms with Crippen molar-refractivity contribution < 1.29 is 12.8 Å². The van der Waals surface area contributed by atoms with Crippen LogP contribution in [0.5, 0.6) is 0 Å². The second kappa shape index (κ2) is 5.95. The summed E-state index contributed by atoms with van der Waals surface area (Å²) >= 11 is 0. The number of hydrogen-bond donors (Lipinski definition) is 1. The van der Waals surface area contributed by atoms with Crippen molar-refractivity contribution in [2.24, 2.45) is 0 Å². The summed E-state index contributed by atoms with van der Waals surface area (Å²) in [5, 5.41) is 13.1. The largest absolute Gasteiger partial charge is 0.378 e. The molecule has 1 aromatic rings. The molecule has 1 N–H and O–H groups in total. The third-order valence-electron chi connectivity index (χ3n) is 4.30. The minimum absolute atomic E-state index is 0.0373. The molecule has 122 valence electrons. The molecule has 3 rings (SSSR count). The molecule has 0 radical (unpaired) electrons. The number of allylic oxidation sites excluding steroid dienone is 1. The highest BCUT2D eigenvalue weighted by atomic mass is 32.2. The quantitative estimate of drug-likeness (QED) is 0.916. The number of benzene rings is 1. The van der Waals surface area contributed by atoms with Crippen LogP contribution in [-0.4, -0.2) is 45.7 Å². The predicted molar refractivity (Wildman–Crippen MR) is 86.3 cm³/mol. The first-order chi connectivity index (χ1) is 10.9. The number of fused-ring (bicyclic) bond motifs is 1. The molecule has 2 aliphatic heterocycles. The van der Waals surface area contributed by atoms with E-state index < -0.39 is 22.1 Å². The molecular formula is C16H18FN3O2S. The average Bonchev–Trinajstić information content (AvgIpc) is 2.75. The van der Waals surface area contributed by atoms with E-state index in [0.29, 0.717) is 29.8 Å². The van der Waals surface area contributed by atoms with E-state index in [1.165, 1.54) is 0 Å². The minimum atomic E-state index is -3.60. The molecular weight excluding hydrogens is 317 g/mol. The fourth-order valence-electron chi connectivity index (χ4n) is 3.16. The van der Waals surface area contributed by atoms with E-state index in [2.05, 4.69) is 5.32 Å². The number of hydrogen-bond acceptors (Lipinski definition) is 5. The number of alkyl halides is 1. The number of nitriles is 1. The van der Waals surface area contributed by atoms with Gasteiger partial charge in [0.05, 0.1) is 24.2 Å². The molecule has 5 nitrogen and oxygen atoms in total. The predicted octanol–water partition coefficient (Wildman–Crippen LogP) is 2.18. The summed E-state index contributed by atoms with van der Waals surface area (Å²) in [5.74, 6) is 0. The van der Waals surface area contributed by atoms with Crippen molar-refractivity contribution >= 4 is 21.1 Å². The smallest absolute Gasteiger partial charge is 0.202 e. The second-order valence-corrected chi connectivity index (χ2v) is 7.76. The number of nitrogens with one attached hydrogen (secondary N) is 1.